The molecule has 1 aromatic heterocycles. The van der Waals surface area contributed by atoms with E-state index in [-0.39, 0.29) is 23.7 Å². The number of fused-ring (bicyclic) bond motifs is 1. The minimum atomic E-state index is -1.29. The molecular weight excluding hydrogens is 500 g/mol. The molecule has 4 rings (SSSR count). The van der Waals surface area contributed by atoms with E-state index in [0.29, 0.717) is 55.1 Å². The molecule has 0 spiro atoms. The van der Waals surface area contributed by atoms with E-state index in [1.54, 1.807) is 33.7 Å². The lowest BCUT2D eigenvalue weighted by Gasteiger charge is -2.31. The predicted octanol–water partition coefficient (Wildman–Crippen LogP) is 3.10. The fourth-order valence-corrected chi connectivity index (χ4v) is 4.74. The van der Waals surface area contributed by atoms with Crippen LogP contribution in [0.15, 0.2) is 46.0 Å². The van der Waals surface area contributed by atoms with Crippen LogP contribution in [-0.4, -0.2) is 66.7 Å². The number of likely N-dealkylation sites (tertiary alicyclic amines) is 1. The second-order valence-corrected chi connectivity index (χ2v) is 9.06. The Morgan fingerprint density at radius 2 is 1.79 bits per heavy atom. The van der Waals surface area contributed by atoms with Crippen molar-refractivity contribution < 1.29 is 27.8 Å². The molecule has 2 aromatic carbocycles. The lowest BCUT2D eigenvalue weighted by molar-refractivity contribution is -0.119. The molecule has 0 saturated carbocycles. The highest BCUT2D eigenvalue weighted by Crippen LogP contribution is 2.29. The molecule has 0 unspecified atom stereocenters. The molecule has 1 fully saturated rings. The lowest BCUT2D eigenvalue weighted by atomic mass is 10.0. The molecule has 38 heavy (non-hydrogen) atoms. The number of carbonyl (C=O) groups is 1. The van der Waals surface area contributed by atoms with Crippen molar-refractivity contribution in [3.63, 3.8) is 0 Å². The first-order valence-electron chi connectivity index (χ1n) is 12.5. The lowest BCUT2D eigenvalue weighted by Crippen LogP contribution is -2.44. The van der Waals surface area contributed by atoms with Gasteiger partial charge in [-0.15, -0.1) is 0 Å². The molecule has 0 aliphatic carbocycles. The second-order valence-electron chi connectivity index (χ2n) is 9.06. The number of nitrogens with zero attached hydrogens (tertiary/aromatic N) is 3. The number of rotatable bonds is 11. The van der Waals surface area contributed by atoms with E-state index >= 15 is 0 Å². The summed E-state index contributed by atoms with van der Waals surface area (Å²) in [7, 11) is 1.51. The van der Waals surface area contributed by atoms with Crippen LogP contribution in [0.2, 0.25) is 0 Å². The minimum Gasteiger partial charge on any atom is -0.493 e. The van der Waals surface area contributed by atoms with Gasteiger partial charge >= 0.3 is 5.69 Å². The smallest absolute Gasteiger partial charge is 0.332 e. The summed E-state index contributed by atoms with van der Waals surface area (Å²) in [6.07, 6.45) is 0.567. The van der Waals surface area contributed by atoms with Crippen molar-refractivity contribution in [1.29, 1.82) is 0 Å². The van der Waals surface area contributed by atoms with Gasteiger partial charge in [0.1, 0.15) is 19.1 Å². The van der Waals surface area contributed by atoms with E-state index in [1.165, 1.54) is 19.2 Å². The van der Waals surface area contributed by atoms with E-state index in [9.17, 15) is 23.2 Å². The summed E-state index contributed by atoms with van der Waals surface area (Å²) in [4.78, 5) is 40.3. The zero-order valence-corrected chi connectivity index (χ0v) is 21.4. The number of carbonyl (C=O) groups excluding carboxylic acids is 1. The normalized spacial score (nSPS) is 14.2. The van der Waals surface area contributed by atoms with Gasteiger partial charge in [0, 0.05) is 19.1 Å². The SMILES string of the molecule is CCOc1ccc(Cn2c(=O)c3cc(OC(CF)CF)ccc3n(C3CCN(C=O)CC3)c2=O)cc1OC. The monoisotopic (exact) mass is 531 g/mol. The van der Waals surface area contributed by atoms with Crippen LogP contribution in [0.1, 0.15) is 31.4 Å². The maximum atomic E-state index is 13.8. The Hall–Kier alpha value is -3.89. The molecular formula is C27H31F2N3O6. The third-order valence-electron chi connectivity index (χ3n) is 6.67. The summed E-state index contributed by atoms with van der Waals surface area (Å²) < 4.78 is 45.2. The van der Waals surface area contributed by atoms with Gasteiger partial charge in [-0.05, 0) is 55.7 Å². The van der Waals surface area contributed by atoms with Crippen molar-refractivity contribution in [2.45, 2.75) is 38.5 Å². The number of hydrogen-bond acceptors (Lipinski definition) is 6. The molecule has 2 heterocycles. The van der Waals surface area contributed by atoms with Gasteiger partial charge in [0.05, 0.1) is 31.2 Å². The van der Waals surface area contributed by atoms with Crippen LogP contribution in [0.3, 0.4) is 0 Å². The largest absolute Gasteiger partial charge is 0.493 e. The Morgan fingerprint density at radius 3 is 2.42 bits per heavy atom. The summed E-state index contributed by atoms with van der Waals surface area (Å²) in [5.41, 5.74) is 0.00358. The van der Waals surface area contributed by atoms with Crippen LogP contribution in [0.25, 0.3) is 10.9 Å². The quantitative estimate of drug-likeness (QED) is 0.353. The molecule has 1 aliphatic heterocycles. The van der Waals surface area contributed by atoms with Crippen molar-refractivity contribution in [2.24, 2.45) is 0 Å². The predicted molar refractivity (Wildman–Crippen MR) is 138 cm³/mol. The highest BCUT2D eigenvalue weighted by molar-refractivity contribution is 5.80. The van der Waals surface area contributed by atoms with E-state index in [0.717, 1.165) is 11.0 Å². The van der Waals surface area contributed by atoms with E-state index in [1.807, 2.05) is 6.92 Å². The Morgan fingerprint density at radius 1 is 1.05 bits per heavy atom. The Kier molecular flexibility index (Phi) is 8.65. The number of ether oxygens (including phenoxy) is 3. The molecule has 1 saturated heterocycles. The number of methoxy groups -OCH3 is 1. The number of hydrogen-bond donors (Lipinski definition) is 0. The van der Waals surface area contributed by atoms with Crippen LogP contribution >= 0.6 is 0 Å². The van der Waals surface area contributed by atoms with Gasteiger partial charge in [0.15, 0.2) is 17.6 Å². The fourth-order valence-electron chi connectivity index (χ4n) is 4.74. The standard InChI is InChI=1S/C27H31F2N3O6/c1-3-37-24-7-4-18(12-25(24)36-2)16-31-26(34)22-13-20(38-21(14-28)15-29)5-6-23(22)32(27(31)35)19-8-10-30(17-33)11-9-19/h4-7,12-13,17,19,21H,3,8-11,14-16H2,1-2H3. The Balaban J connectivity index is 1.84. The second kappa shape index (κ2) is 12.1. The van der Waals surface area contributed by atoms with Gasteiger partial charge in [0.25, 0.3) is 5.56 Å². The van der Waals surface area contributed by atoms with Gasteiger partial charge in [-0.2, -0.15) is 0 Å². The summed E-state index contributed by atoms with van der Waals surface area (Å²) in [5, 5.41) is 0.189. The van der Waals surface area contributed by atoms with E-state index in [2.05, 4.69) is 0 Å². The summed E-state index contributed by atoms with van der Waals surface area (Å²) in [5.74, 6) is 1.14. The molecule has 11 heteroatoms. The van der Waals surface area contributed by atoms with Gasteiger partial charge in [-0.3, -0.25) is 18.7 Å². The van der Waals surface area contributed by atoms with Crippen molar-refractivity contribution in [3.05, 3.63) is 62.8 Å². The molecule has 3 aromatic rings. The first-order chi connectivity index (χ1) is 18.4. The van der Waals surface area contributed by atoms with Crippen LogP contribution in [0.5, 0.6) is 17.2 Å². The third kappa shape index (κ3) is 5.51. The summed E-state index contributed by atoms with van der Waals surface area (Å²) >= 11 is 0. The number of alkyl halides is 2. The number of halogens is 2. The number of piperidine rings is 1. The zero-order valence-electron chi connectivity index (χ0n) is 21.4. The van der Waals surface area contributed by atoms with Gasteiger partial charge in [0.2, 0.25) is 6.41 Å². The van der Waals surface area contributed by atoms with Crippen LogP contribution in [-0.2, 0) is 11.3 Å². The minimum absolute atomic E-state index is 0.0355. The first-order valence-corrected chi connectivity index (χ1v) is 12.5. The van der Waals surface area contributed by atoms with Gasteiger partial charge < -0.3 is 19.1 Å². The molecule has 0 N–H and O–H groups in total. The van der Waals surface area contributed by atoms with Crippen molar-refractivity contribution in [3.8, 4) is 17.2 Å². The fraction of sp³-hybridized carbons (Fsp3) is 0.444. The number of aromatic nitrogens is 2. The first kappa shape index (κ1) is 27.2. The molecule has 0 radical (unpaired) electrons. The van der Waals surface area contributed by atoms with Crippen molar-refractivity contribution >= 4 is 17.3 Å². The molecule has 204 valence electrons. The molecule has 0 atom stereocenters. The number of benzene rings is 2. The number of amides is 1. The molecule has 0 bridgehead atoms. The highest BCUT2D eigenvalue weighted by atomic mass is 19.1. The van der Waals surface area contributed by atoms with E-state index in [4.69, 9.17) is 14.2 Å². The van der Waals surface area contributed by atoms with Gasteiger partial charge in [-0.25, -0.2) is 13.6 Å². The third-order valence-corrected chi connectivity index (χ3v) is 6.67. The molecule has 9 nitrogen and oxygen atoms in total. The maximum absolute atomic E-state index is 13.8. The highest BCUT2D eigenvalue weighted by Gasteiger charge is 2.25. The van der Waals surface area contributed by atoms with Crippen molar-refractivity contribution in [2.75, 3.05) is 40.2 Å². The van der Waals surface area contributed by atoms with E-state index < -0.39 is 30.7 Å². The van der Waals surface area contributed by atoms with Crippen LogP contribution in [0.4, 0.5) is 8.78 Å². The average Bonchev–Trinajstić information content (AvgIpc) is 2.95. The van der Waals surface area contributed by atoms with Crippen LogP contribution < -0.4 is 25.5 Å². The summed E-state index contributed by atoms with van der Waals surface area (Å²) in [6.45, 7) is 1.18. The zero-order chi connectivity index (χ0) is 27.2. The van der Waals surface area contributed by atoms with Crippen LogP contribution in [0, 0.1) is 0 Å². The topological polar surface area (TPSA) is 92.0 Å². The molecule has 1 aliphatic rings. The van der Waals surface area contributed by atoms with Gasteiger partial charge in [-0.1, -0.05) is 6.07 Å². The Bertz CT molecular complexity index is 1390. The average molecular weight is 532 g/mol. The Labute approximate surface area is 218 Å². The summed E-state index contributed by atoms with van der Waals surface area (Å²) in [6, 6.07) is 9.41. The maximum Gasteiger partial charge on any atom is 0.332 e. The molecule has 1 amide bonds. The van der Waals surface area contributed by atoms with Crippen molar-refractivity contribution in [1.82, 2.24) is 14.0 Å².